The number of rotatable bonds is 6. The lowest BCUT2D eigenvalue weighted by atomic mass is 10.1. The first kappa shape index (κ1) is 15.8. The van der Waals surface area contributed by atoms with E-state index >= 15 is 0 Å². The Bertz CT molecular complexity index is 376. The summed E-state index contributed by atoms with van der Waals surface area (Å²) < 4.78 is 39.6. The predicted octanol–water partition coefficient (Wildman–Crippen LogP) is 3.02. The Morgan fingerprint density at radius 2 is 1.79 bits per heavy atom. The molecule has 0 aliphatic rings. The smallest absolute Gasteiger partial charge is 0.399 e. The predicted molar refractivity (Wildman–Crippen MR) is 68.4 cm³/mol. The van der Waals surface area contributed by atoms with Crippen molar-refractivity contribution < 1.29 is 17.9 Å². The van der Waals surface area contributed by atoms with Gasteiger partial charge in [-0.3, -0.25) is 9.64 Å². The molecule has 0 saturated carbocycles. The minimum atomic E-state index is -4.57. The zero-order valence-electron chi connectivity index (χ0n) is 11.1. The number of benzene rings is 1. The highest BCUT2D eigenvalue weighted by Gasteiger charge is 2.29. The standard InChI is InChI=1S/C13H19F3N2O/c1-10(2)18(7-8-19-13(14,15)16)9-11-3-5-12(17)6-4-11/h3-6,10H,7-9,17H2,1-2H3. The maximum absolute atomic E-state index is 11.9. The van der Waals surface area contributed by atoms with Crippen LogP contribution in [0, 0.1) is 0 Å². The first-order valence-corrected chi connectivity index (χ1v) is 6.07. The van der Waals surface area contributed by atoms with Gasteiger partial charge in [0.1, 0.15) is 0 Å². The number of nitrogens with two attached hydrogens (primary N) is 1. The van der Waals surface area contributed by atoms with E-state index in [9.17, 15) is 13.2 Å². The van der Waals surface area contributed by atoms with Crippen LogP contribution in [0.3, 0.4) is 0 Å². The molecule has 6 heteroatoms. The van der Waals surface area contributed by atoms with Crippen LogP contribution in [0.25, 0.3) is 0 Å². The fourth-order valence-corrected chi connectivity index (χ4v) is 1.66. The molecule has 108 valence electrons. The van der Waals surface area contributed by atoms with Crippen LogP contribution in [0.15, 0.2) is 24.3 Å². The van der Waals surface area contributed by atoms with Crippen molar-refractivity contribution in [2.75, 3.05) is 18.9 Å². The van der Waals surface area contributed by atoms with E-state index in [1.54, 1.807) is 12.1 Å². The Morgan fingerprint density at radius 1 is 1.21 bits per heavy atom. The summed E-state index contributed by atoms with van der Waals surface area (Å²) in [4.78, 5) is 1.91. The van der Waals surface area contributed by atoms with E-state index in [0.29, 0.717) is 12.2 Å². The number of anilines is 1. The molecule has 0 unspecified atom stereocenters. The molecule has 1 aromatic carbocycles. The highest BCUT2D eigenvalue weighted by molar-refractivity contribution is 5.39. The van der Waals surface area contributed by atoms with Crippen LogP contribution >= 0.6 is 0 Å². The lowest BCUT2D eigenvalue weighted by Crippen LogP contribution is -2.34. The van der Waals surface area contributed by atoms with Gasteiger partial charge in [0.05, 0.1) is 6.61 Å². The molecule has 0 aliphatic carbocycles. The van der Waals surface area contributed by atoms with Gasteiger partial charge < -0.3 is 5.73 Å². The summed E-state index contributed by atoms with van der Waals surface area (Å²) in [7, 11) is 0. The van der Waals surface area contributed by atoms with Gasteiger partial charge >= 0.3 is 6.36 Å². The molecule has 0 saturated heterocycles. The number of halogens is 3. The van der Waals surface area contributed by atoms with Crippen LogP contribution in [0.5, 0.6) is 0 Å². The summed E-state index contributed by atoms with van der Waals surface area (Å²) >= 11 is 0. The van der Waals surface area contributed by atoms with Gasteiger partial charge in [-0.25, -0.2) is 0 Å². The monoisotopic (exact) mass is 276 g/mol. The zero-order valence-corrected chi connectivity index (χ0v) is 11.1. The van der Waals surface area contributed by atoms with Crippen molar-refractivity contribution >= 4 is 5.69 Å². The lowest BCUT2D eigenvalue weighted by Gasteiger charge is -2.26. The largest absolute Gasteiger partial charge is 0.522 e. The average Bonchev–Trinajstić information content (AvgIpc) is 2.28. The summed E-state index contributed by atoms with van der Waals surface area (Å²) in [6.45, 7) is 4.30. The summed E-state index contributed by atoms with van der Waals surface area (Å²) in [5.74, 6) is 0. The molecule has 1 rings (SSSR count). The third-order valence-electron chi connectivity index (χ3n) is 2.74. The molecule has 0 spiro atoms. The Balaban J connectivity index is 2.51. The number of hydrogen-bond acceptors (Lipinski definition) is 3. The molecule has 0 aromatic heterocycles. The molecule has 0 bridgehead atoms. The third kappa shape index (κ3) is 6.45. The molecule has 0 atom stereocenters. The normalized spacial score (nSPS) is 12.4. The number of nitrogen functional groups attached to an aromatic ring is 1. The molecule has 0 radical (unpaired) electrons. The molecule has 1 aromatic rings. The SMILES string of the molecule is CC(C)N(CCOC(F)(F)F)Cc1ccc(N)cc1. The molecule has 0 amide bonds. The van der Waals surface area contributed by atoms with Gasteiger partial charge in [-0.2, -0.15) is 0 Å². The van der Waals surface area contributed by atoms with Gasteiger partial charge in [0.15, 0.2) is 0 Å². The van der Waals surface area contributed by atoms with E-state index in [1.165, 1.54) is 0 Å². The third-order valence-corrected chi connectivity index (χ3v) is 2.74. The second-order valence-electron chi connectivity index (χ2n) is 4.60. The number of nitrogens with zero attached hydrogens (tertiary/aromatic N) is 1. The first-order chi connectivity index (χ1) is 8.78. The van der Waals surface area contributed by atoms with Crippen molar-refractivity contribution in [1.29, 1.82) is 0 Å². The summed E-state index contributed by atoms with van der Waals surface area (Å²) in [6.07, 6.45) is -4.57. The van der Waals surface area contributed by atoms with Crippen LogP contribution in [-0.4, -0.2) is 30.5 Å². The van der Waals surface area contributed by atoms with E-state index in [2.05, 4.69) is 4.74 Å². The van der Waals surface area contributed by atoms with Crippen LogP contribution in [-0.2, 0) is 11.3 Å². The summed E-state index contributed by atoms with van der Waals surface area (Å²) in [5, 5.41) is 0. The maximum Gasteiger partial charge on any atom is 0.522 e. The van der Waals surface area contributed by atoms with E-state index in [0.717, 1.165) is 5.56 Å². The molecular formula is C13H19F3N2O. The molecule has 19 heavy (non-hydrogen) atoms. The van der Waals surface area contributed by atoms with Gasteiger partial charge in [0.2, 0.25) is 0 Å². The Labute approximate surface area is 111 Å². The molecule has 2 N–H and O–H groups in total. The fraction of sp³-hybridized carbons (Fsp3) is 0.538. The van der Waals surface area contributed by atoms with Crippen molar-refractivity contribution in [2.24, 2.45) is 0 Å². The molecule has 0 heterocycles. The maximum atomic E-state index is 11.9. The first-order valence-electron chi connectivity index (χ1n) is 6.07. The fourth-order valence-electron chi connectivity index (χ4n) is 1.66. The second-order valence-corrected chi connectivity index (χ2v) is 4.60. The van der Waals surface area contributed by atoms with Crippen molar-refractivity contribution in [3.05, 3.63) is 29.8 Å². The van der Waals surface area contributed by atoms with E-state index in [1.807, 2.05) is 30.9 Å². The van der Waals surface area contributed by atoms with Crippen LogP contribution in [0.1, 0.15) is 19.4 Å². The second kappa shape index (κ2) is 6.77. The van der Waals surface area contributed by atoms with Gasteiger partial charge in [-0.15, -0.1) is 13.2 Å². The van der Waals surface area contributed by atoms with Crippen LogP contribution in [0.2, 0.25) is 0 Å². The Morgan fingerprint density at radius 3 is 2.26 bits per heavy atom. The van der Waals surface area contributed by atoms with Crippen molar-refractivity contribution in [3.63, 3.8) is 0 Å². The molecule has 0 aliphatic heterocycles. The quantitative estimate of drug-likeness (QED) is 0.812. The van der Waals surface area contributed by atoms with Gasteiger partial charge in [-0.05, 0) is 31.5 Å². The molecular weight excluding hydrogens is 257 g/mol. The van der Waals surface area contributed by atoms with Gasteiger partial charge in [-0.1, -0.05) is 12.1 Å². The van der Waals surface area contributed by atoms with E-state index < -0.39 is 6.36 Å². The van der Waals surface area contributed by atoms with E-state index in [4.69, 9.17) is 5.73 Å². The number of hydrogen-bond donors (Lipinski definition) is 1. The zero-order chi connectivity index (χ0) is 14.5. The number of ether oxygens (including phenoxy) is 1. The molecule has 3 nitrogen and oxygen atoms in total. The highest BCUT2D eigenvalue weighted by Crippen LogP contribution is 2.16. The number of alkyl halides is 3. The molecule has 0 fully saturated rings. The highest BCUT2D eigenvalue weighted by atomic mass is 19.4. The Hall–Kier alpha value is -1.27. The van der Waals surface area contributed by atoms with Crippen LogP contribution in [0.4, 0.5) is 18.9 Å². The summed E-state index contributed by atoms with van der Waals surface area (Å²) in [6, 6.07) is 7.43. The van der Waals surface area contributed by atoms with Crippen molar-refractivity contribution in [3.8, 4) is 0 Å². The van der Waals surface area contributed by atoms with Crippen molar-refractivity contribution in [1.82, 2.24) is 4.90 Å². The van der Waals surface area contributed by atoms with Gasteiger partial charge in [0.25, 0.3) is 0 Å². The lowest BCUT2D eigenvalue weighted by molar-refractivity contribution is -0.325. The van der Waals surface area contributed by atoms with Crippen LogP contribution < -0.4 is 5.73 Å². The van der Waals surface area contributed by atoms with Crippen molar-refractivity contribution in [2.45, 2.75) is 32.8 Å². The Kier molecular flexibility index (Phi) is 5.62. The minimum Gasteiger partial charge on any atom is -0.399 e. The average molecular weight is 276 g/mol. The topological polar surface area (TPSA) is 38.5 Å². The minimum absolute atomic E-state index is 0.134. The van der Waals surface area contributed by atoms with E-state index in [-0.39, 0.29) is 19.2 Å². The van der Waals surface area contributed by atoms with Gasteiger partial charge in [0, 0.05) is 24.8 Å². The summed E-state index contributed by atoms with van der Waals surface area (Å²) in [5.41, 5.74) is 7.26.